The quantitative estimate of drug-likeness (QED) is 0.415. The lowest BCUT2D eigenvalue weighted by molar-refractivity contribution is -0.124. The van der Waals surface area contributed by atoms with Crippen molar-refractivity contribution in [3.05, 3.63) is 59.2 Å². The molecule has 212 valence electrons. The van der Waals surface area contributed by atoms with Gasteiger partial charge in [0.2, 0.25) is 5.91 Å². The molecule has 0 aliphatic carbocycles. The number of carbonyl (C=O) groups excluding carboxylic acids is 1. The van der Waals surface area contributed by atoms with Gasteiger partial charge >= 0.3 is 0 Å². The number of fused-ring (bicyclic) bond motifs is 1. The zero-order valence-electron chi connectivity index (χ0n) is 23.3. The molecule has 2 aromatic rings. The van der Waals surface area contributed by atoms with Crippen molar-refractivity contribution < 1.29 is 14.6 Å². The normalized spacial score (nSPS) is 24.7. The van der Waals surface area contributed by atoms with Crippen LogP contribution in [0.1, 0.15) is 57.2 Å². The van der Waals surface area contributed by atoms with Crippen LogP contribution < -0.4 is 15.4 Å². The maximum absolute atomic E-state index is 13.3. The molecule has 1 saturated heterocycles. The molecule has 4 rings (SSSR count). The second-order valence-corrected chi connectivity index (χ2v) is 11.2. The lowest BCUT2D eigenvalue weighted by Crippen LogP contribution is -2.56. The number of rotatable bonds is 8. The summed E-state index contributed by atoms with van der Waals surface area (Å²) >= 11 is 0. The van der Waals surface area contributed by atoms with Gasteiger partial charge in [-0.05, 0) is 77.6 Å². The molecular weight excluding hydrogens is 521 g/mol. The summed E-state index contributed by atoms with van der Waals surface area (Å²) in [6.45, 7) is 12.7. The minimum absolute atomic E-state index is 0. The van der Waals surface area contributed by atoms with Gasteiger partial charge in [0.1, 0.15) is 11.5 Å². The van der Waals surface area contributed by atoms with Gasteiger partial charge in [-0.3, -0.25) is 4.79 Å². The van der Waals surface area contributed by atoms with Crippen LogP contribution in [-0.4, -0.2) is 54.7 Å². The van der Waals surface area contributed by atoms with E-state index in [4.69, 9.17) is 4.74 Å². The van der Waals surface area contributed by atoms with Gasteiger partial charge in [-0.2, -0.15) is 0 Å². The highest BCUT2D eigenvalue weighted by atomic mass is 35.5. The molecule has 0 radical (unpaired) electrons. The average molecular weight is 567 g/mol. The summed E-state index contributed by atoms with van der Waals surface area (Å²) in [6, 6.07) is 13.8. The Morgan fingerprint density at radius 1 is 1.24 bits per heavy atom. The molecule has 2 aliphatic rings. The molecule has 0 unspecified atom stereocenters. The summed E-state index contributed by atoms with van der Waals surface area (Å²) in [5.41, 5.74) is 3.65. The van der Waals surface area contributed by atoms with E-state index >= 15 is 0 Å². The fraction of sp³-hybridized carbons (Fsp3) is 0.567. The van der Waals surface area contributed by atoms with Crippen LogP contribution in [0, 0.1) is 11.8 Å². The van der Waals surface area contributed by atoms with E-state index in [9.17, 15) is 9.90 Å². The minimum Gasteiger partial charge on any atom is -0.508 e. The molecule has 38 heavy (non-hydrogen) atoms. The molecule has 2 aromatic carbocycles. The number of phenols is 1. The Hall–Kier alpha value is -1.99. The number of nitrogens with zero attached hydrogens (tertiary/aromatic N) is 1. The van der Waals surface area contributed by atoms with Gasteiger partial charge in [-0.1, -0.05) is 52.3 Å². The Bertz CT molecular complexity index is 1070. The monoisotopic (exact) mass is 565 g/mol. The molecule has 0 aromatic heterocycles. The molecule has 2 heterocycles. The Kier molecular flexibility index (Phi) is 11.8. The van der Waals surface area contributed by atoms with Crippen molar-refractivity contribution in [3.63, 3.8) is 0 Å². The SMILES string of the molecule is CC[C@H](C)[C@@H](CN1CC[C@@](C)(c2cccc(OC)c2)[C@@H](C)C1)NC(=O)[C@H]1Cc2ccc(O)cc2CN1.Cl.Cl. The van der Waals surface area contributed by atoms with Gasteiger partial charge in [0.05, 0.1) is 13.2 Å². The van der Waals surface area contributed by atoms with Crippen LogP contribution in [0.25, 0.3) is 0 Å². The molecule has 0 bridgehead atoms. The topological polar surface area (TPSA) is 73.8 Å². The number of piperidine rings is 1. The number of amides is 1. The van der Waals surface area contributed by atoms with E-state index in [1.165, 1.54) is 5.56 Å². The number of likely N-dealkylation sites (tertiary alicyclic amines) is 1. The Balaban J connectivity index is 0.00000253. The maximum Gasteiger partial charge on any atom is 0.237 e. The minimum atomic E-state index is -0.245. The van der Waals surface area contributed by atoms with Crippen molar-refractivity contribution in [3.8, 4) is 11.5 Å². The van der Waals surface area contributed by atoms with Crippen molar-refractivity contribution in [2.75, 3.05) is 26.7 Å². The Morgan fingerprint density at radius 3 is 2.68 bits per heavy atom. The standard InChI is InChI=1S/C30H43N3O3.2ClH/c1-6-20(2)28(32-29(35)27-15-22-10-11-25(34)14-23(22)17-31-27)19-33-13-12-30(4,21(3)18-33)24-8-7-9-26(16-24)36-5;;/h7-11,14,16,20-21,27-28,31,34H,6,12-13,15,17-19H2,1-5H3,(H,32,35);2*1H/t20-,21-,27+,28+,30+;;/m0../s1. The lowest BCUT2D eigenvalue weighted by atomic mass is 9.68. The van der Waals surface area contributed by atoms with Gasteiger partial charge in [0.15, 0.2) is 0 Å². The molecule has 2 aliphatic heterocycles. The largest absolute Gasteiger partial charge is 0.508 e. The number of phenolic OH excluding ortho intramolecular Hbond substituents is 1. The molecule has 0 spiro atoms. The van der Waals surface area contributed by atoms with E-state index in [0.717, 1.165) is 49.4 Å². The fourth-order valence-corrected chi connectivity index (χ4v) is 5.79. The van der Waals surface area contributed by atoms with E-state index in [0.29, 0.717) is 24.8 Å². The molecule has 6 nitrogen and oxygen atoms in total. The number of hydrogen-bond donors (Lipinski definition) is 3. The van der Waals surface area contributed by atoms with Crippen LogP contribution in [0.2, 0.25) is 0 Å². The van der Waals surface area contributed by atoms with Crippen molar-refractivity contribution in [2.45, 2.75) is 71.0 Å². The first-order chi connectivity index (χ1) is 17.2. The highest BCUT2D eigenvalue weighted by Gasteiger charge is 2.39. The zero-order valence-corrected chi connectivity index (χ0v) is 25.0. The summed E-state index contributed by atoms with van der Waals surface area (Å²) < 4.78 is 5.48. The molecule has 3 N–H and O–H groups in total. The van der Waals surface area contributed by atoms with Crippen molar-refractivity contribution in [1.82, 2.24) is 15.5 Å². The van der Waals surface area contributed by atoms with Gasteiger partial charge in [-0.15, -0.1) is 24.8 Å². The van der Waals surface area contributed by atoms with Crippen LogP contribution in [0.3, 0.4) is 0 Å². The van der Waals surface area contributed by atoms with Crippen LogP contribution >= 0.6 is 24.8 Å². The van der Waals surface area contributed by atoms with Crippen molar-refractivity contribution in [1.29, 1.82) is 0 Å². The number of aromatic hydroxyl groups is 1. The highest BCUT2D eigenvalue weighted by molar-refractivity contribution is 5.85. The van der Waals surface area contributed by atoms with E-state index in [2.05, 4.69) is 61.4 Å². The number of halogens is 2. The predicted octanol–water partition coefficient (Wildman–Crippen LogP) is 5.09. The number of carbonyl (C=O) groups is 1. The summed E-state index contributed by atoms with van der Waals surface area (Å²) in [7, 11) is 1.73. The smallest absolute Gasteiger partial charge is 0.237 e. The number of hydrogen-bond acceptors (Lipinski definition) is 5. The van der Waals surface area contributed by atoms with Gasteiger partial charge in [0.25, 0.3) is 0 Å². The summed E-state index contributed by atoms with van der Waals surface area (Å²) in [4.78, 5) is 15.8. The lowest BCUT2D eigenvalue weighted by Gasteiger charge is -2.46. The van der Waals surface area contributed by atoms with Crippen molar-refractivity contribution in [2.24, 2.45) is 11.8 Å². The van der Waals surface area contributed by atoms with E-state index in [1.807, 2.05) is 12.1 Å². The molecule has 1 amide bonds. The second kappa shape index (κ2) is 13.9. The molecule has 5 atom stereocenters. The third kappa shape index (κ3) is 7.15. The van der Waals surface area contributed by atoms with Crippen molar-refractivity contribution >= 4 is 30.7 Å². The van der Waals surface area contributed by atoms with Gasteiger partial charge < -0.3 is 25.4 Å². The number of ether oxygens (including phenoxy) is 1. The first-order valence-electron chi connectivity index (χ1n) is 13.4. The van der Waals surface area contributed by atoms with E-state index < -0.39 is 0 Å². The zero-order chi connectivity index (χ0) is 25.9. The molecular formula is C30H45Cl2N3O3. The number of methoxy groups -OCH3 is 1. The van der Waals surface area contributed by atoms with E-state index in [-0.39, 0.29) is 54.0 Å². The number of nitrogens with one attached hydrogen (secondary N) is 2. The average Bonchev–Trinajstić information content (AvgIpc) is 2.89. The molecule has 8 heteroatoms. The van der Waals surface area contributed by atoms with Gasteiger partial charge in [-0.25, -0.2) is 0 Å². The maximum atomic E-state index is 13.3. The van der Waals surface area contributed by atoms with Crippen LogP contribution in [0.4, 0.5) is 0 Å². The van der Waals surface area contributed by atoms with E-state index in [1.54, 1.807) is 19.2 Å². The second-order valence-electron chi connectivity index (χ2n) is 11.2. The molecule has 1 fully saturated rings. The van der Waals surface area contributed by atoms with Crippen LogP contribution in [0.15, 0.2) is 42.5 Å². The Morgan fingerprint density at radius 2 is 2.00 bits per heavy atom. The Labute approximate surface area is 240 Å². The summed E-state index contributed by atoms with van der Waals surface area (Å²) in [5, 5.41) is 16.5. The van der Waals surface area contributed by atoms with Crippen LogP contribution in [0.5, 0.6) is 11.5 Å². The van der Waals surface area contributed by atoms with Crippen LogP contribution in [-0.2, 0) is 23.2 Å². The highest BCUT2D eigenvalue weighted by Crippen LogP contribution is 2.40. The third-order valence-corrected chi connectivity index (χ3v) is 8.88. The van der Waals surface area contributed by atoms with Gasteiger partial charge in [0, 0.05) is 25.7 Å². The predicted molar refractivity (Wildman–Crippen MR) is 159 cm³/mol. The summed E-state index contributed by atoms with van der Waals surface area (Å²) in [6.07, 6.45) is 2.75. The summed E-state index contributed by atoms with van der Waals surface area (Å²) in [5.74, 6) is 2.14. The molecule has 0 saturated carbocycles. The first-order valence-corrected chi connectivity index (χ1v) is 13.4. The number of benzene rings is 2. The fourth-order valence-electron chi connectivity index (χ4n) is 5.79. The third-order valence-electron chi connectivity index (χ3n) is 8.88. The first kappa shape index (κ1) is 32.2.